The quantitative estimate of drug-likeness (QED) is 0.667. The van der Waals surface area contributed by atoms with E-state index in [1.165, 1.54) is 0 Å². The lowest BCUT2D eigenvalue weighted by Gasteiger charge is -2.02. The summed E-state index contributed by atoms with van der Waals surface area (Å²) in [6.07, 6.45) is 0. The number of azo groups is 1. The zero-order valence-electron chi connectivity index (χ0n) is 11.9. The number of rotatable bonds is 4. The van der Waals surface area contributed by atoms with Crippen LogP contribution in [0.25, 0.3) is 10.9 Å². The van der Waals surface area contributed by atoms with E-state index in [2.05, 4.69) is 31.1 Å². The Morgan fingerprint density at radius 2 is 1.91 bits per heavy atom. The summed E-state index contributed by atoms with van der Waals surface area (Å²) in [6.45, 7) is -0.228. The summed E-state index contributed by atoms with van der Waals surface area (Å²) in [7, 11) is 0. The maximum atomic E-state index is 11.7. The third-order valence-corrected chi connectivity index (χ3v) is 3.63. The van der Waals surface area contributed by atoms with E-state index >= 15 is 0 Å². The summed E-state index contributed by atoms with van der Waals surface area (Å²) in [4.78, 5) is 14.5. The molecular weight excluding hydrogens is 362 g/mol. The van der Waals surface area contributed by atoms with E-state index in [4.69, 9.17) is 4.74 Å². The molecule has 6 nitrogen and oxygen atoms in total. The first-order valence-electron chi connectivity index (χ1n) is 6.76. The predicted molar refractivity (Wildman–Crippen MR) is 89.1 cm³/mol. The SMILES string of the molecule is O=C(COc1ccc(Br)cc1)N=Nc1c(O)[nH]c2ccccc12. The van der Waals surface area contributed by atoms with Gasteiger partial charge in [-0.25, -0.2) is 0 Å². The summed E-state index contributed by atoms with van der Waals surface area (Å²) < 4.78 is 6.24. The van der Waals surface area contributed by atoms with E-state index in [0.29, 0.717) is 11.1 Å². The molecule has 0 aliphatic heterocycles. The first-order valence-corrected chi connectivity index (χ1v) is 7.55. The minimum atomic E-state index is -0.544. The Morgan fingerprint density at radius 3 is 2.70 bits per heavy atom. The lowest BCUT2D eigenvalue weighted by molar-refractivity contribution is -0.120. The summed E-state index contributed by atoms with van der Waals surface area (Å²) in [5.74, 6) is -0.110. The van der Waals surface area contributed by atoms with Gasteiger partial charge in [-0.05, 0) is 30.3 Å². The maximum Gasteiger partial charge on any atom is 0.302 e. The van der Waals surface area contributed by atoms with Gasteiger partial charge in [-0.3, -0.25) is 4.79 Å². The van der Waals surface area contributed by atoms with Crippen molar-refractivity contribution in [1.82, 2.24) is 4.98 Å². The van der Waals surface area contributed by atoms with Gasteiger partial charge in [0.05, 0.1) is 5.52 Å². The number of hydrogen-bond acceptors (Lipinski definition) is 4. The number of carbonyl (C=O) groups excluding carboxylic acids is 1. The van der Waals surface area contributed by atoms with Crippen molar-refractivity contribution in [3.63, 3.8) is 0 Å². The van der Waals surface area contributed by atoms with Gasteiger partial charge in [0.2, 0.25) is 5.88 Å². The Labute approximate surface area is 139 Å². The number of benzene rings is 2. The second-order valence-electron chi connectivity index (χ2n) is 4.70. The van der Waals surface area contributed by atoms with E-state index in [1.54, 1.807) is 24.3 Å². The standard InChI is InChI=1S/C16H12BrN3O3/c17-10-5-7-11(8-6-10)23-9-14(21)19-20-15-12-3-1-2-4-13(12)18-16(15)22/h1-8,18,22H,9H2. The number of nitrogens with one attached hydrogen (secondary N) is 1. The highest BCUT2D eigenvalue weighted by Crippen LogP contribution is 2.35. The largest absolute Gasteiger partial charge is 0.493 e. The van der Waals surface area contributed by atoms with Gasteiger partial charge >= 0.3 is 5.91 Å². The fourth-order valence-corrected chi connectivity index (χ4v) is 2.29. The molecule has 23 heavy (non-hydrogen) atoms. The van der Waals surface area contributed by atoms with Crippen LogP contribution in [0.5, 0.6) is 11.6 Å². The number of nitrogens with zero attached hydrogens (tertiary/aromatic N) is 2. The number of carbonyl (C=O) groups is 1. The van der Waals surface area contributed by atoms with E-state index in [1.807, 2.05) is 24.3 Å². The van der Waals surface area contributed by atoms with Crippen molar-refractivity contribution >= 4 is 38.4 Å². The molecular formula is C16H12BrN3O3. The third-order valence-electron chi connectivity index (χ3n) is 3.10. The van der Waals surface area contributed by atoms with Gasteiger partial charge in [0.25, 0.3) is 0 Å². The molecule has 2 N–H and O–H groups in total. The van der Waals surface area contributed by atoms with Gasteiger partial charge in [-0.15, -0.1) is 10.2 Å². The first kappa shape index (κ1) is 15.2. The average Bonchev–Trinajstić information content (AvgIpc) is 2.87. The van der Waals surface area contributed by atoms with Crippen LogP contribution in [0.15, 0.2) is 63.2 Å². The topological polar surface area (TPSA) is 87.0 Å². The van der Waals surface area contributed by atoms with Gasteiger partial charge < -0.3 is 14.8 Å². The van der Waals surface area contributed by atoms with Crippen LogP contribution in [0.1, 0.15) is 0 Å². The van der Waals surface area contributed by atoms with Gasteiger partial charge in [0.1, 0.15) is 5.75 Å². The number of fused-ring (bicyclic) bond motifs is 1. The molecule has 3 aromatic rings. The third kappa shape index (κ3) is 3.57. The van der Waals surface area contributed by atoms with E-state index in [-0.39, 0.29) is 18.2 Å². The van der Waals surface area contributed by atoms with E-state index in [0.717, 1.165) is 9.99 Å². The molecule has 0 saturated carbocycles. The molecule has 0 radical (unpaired) electrons. The molecule has 3 rings (SSSR count). The number of aromatic nitrogens is 1. The Hall–Kier alpha value is -2.67. The number of ether oxygens (including phenoxy) is 1. The number of H-pyrrole nitrogens is 1. The average molecular weight is 374 g/mol. The number of amides is 1. The number of halogens is 1. The van der Waals surface area contributed by atoms with Crippen molar-refractivity contribution < 1.29 is 14.6 Å². The van der Waals surface area contributed by atoms with Crippen LogP contribution in [-0.2, 0) is 4.79 Å². The minimum Gasteiger partial charge on any atom is -0.493 e. The molecule has 0 spiro atoms. The second kappa shape index (κ2) is 6.62. The summed E-state index contributed by atoms with van der Waals surface area (Å²) in [5, 5.41) is 17.9. The summed E-state index contributed by atoms with van der Waals surface area (Å²) in [6, 6.07) is 14.3. The molecule has 116 valence electrons. The highest BCUT2D eigenvalue weighted by Gasteiger charge is 2.10. The second-order valence-corrected chi connectivity index (χ2v) is 5.62. The Bertz CT molecular complexity index is 872. The van der Waals surface area contributed by atoms with Crippen molar-refractivity contribution in [1.29, 1.82) is 0 Å². The van der Waals surface area contributed by atoms with Gasteiger partial charge in [0, 0.05) is 9.86 Å². The van der Waals surface area contributed by atoms with Crippen molar-refractivity contribution in [2.45, 2.75) is 0 Å². The monoisotopic (exact) mass is 373 g/mol. The molecule has 1 amide bonds. The van der Waals surface area contributed by atoms with Crippen molar-refractivity contribution in [3.05, 3.63) is 53.0 Å². The lowest BCUT2D eigenvalue weighted by Crippen LogP contribution is -2.07. The van der Waals surface area contributed by atoms with Crippen LogP contribution >= 0.6 is 15.9 Å². The fraction of sp³-hybridized carbons (Fsp3) is 0.0625. The number of hydrogen-bond donors (Lipinski definition) is 2. The Morgan fingerprint density at radius 1 is 1.17 bits per heavy atom. The molecule has 0 atom stereocenters. The molecule has 0 aliphatic rings. The highest BCUT2D eigenvalue weighted by molar-refractivity contribution is 9.10. The Balaban J connectivity index is 1.68. The van der Waals surface area contributed by atoms with Gasteiger partial charge in [-0.2, -0.15) is 0 Å². The van der Waals surface area contributed by atoms with Crippen molar-refractivity contribution in [2.24, 2.45) is 10.2 Å². The zero-order valence-corrected chi connectivity index (χ0v) is 13.4. The molecule has 2 aromatic carbocycles. The molecule has 0 bridgehead atoms. The highest BCUT2D eigenvalue weighted by atomic mass is 79.9. The predicted octanol–water partition coefficient (Wildman–Crippen LogP) is 4.33. The van der Waals surface area contributed by atoms with Crippen LogP contribution < -0.4 is 4.74 Å². The number of aromatic amines is 1. The summed E-state index contributed by atoms with van der Waals surface area (Å²) in [5.41, 5.74) is 0.954. The van der Waals surface area contributed by atoms with Crippen LogP contribution in [-0.4, -0.2) is 22.6 Å². The first-order chi connectivity index (χ1) is 11.1. The molecule has 0 fully saturated rings. The maximum absolute atomic E-state index is 11.7. The summed E-state index contributed by atoms with van der Waals surface area (Å²) >= 11 is 3.32. The van der Waals surface area contributed by atoms with Crippen molar-refractivity contribution in [3.8, 4) is 11.6 Å². The molecule has 7 heteroatoms. The van der Waals surface area contributed by atoms with Gasteiger partial charge in [0.15, 0.2) is 12.3 Å². The smallest absolute Gasteiger partial charge is 0.302 e. The van der Waals surface area contributed by atoms with Crippen molar-refractivity contribution in [2.75, 3.05) is 6.61 Å². The number of aromatic hydroxyl groups is 1. The number of para-hydroxylation sites is 1. The minimum absolute atomic E-state index is 0.128. The van der Waals surface area contributed by atoms with Crippen LogP contribution in [0.4, 0.5) is 5.69 Å². The molecule has 0 aliphatic carbocycles. The van der Waals surface area contributed by atoms with E-state index in [9.17, 15) is 9.90 Å². The molecule has 1 aromatic heterocycles. The molecule has 1 heterocycles. The zero-order chi connectivity index (χ0) is 16.2. The normalized spacial score (nSPS) is 11.2. The molecule has 0 saturated heterocycles. The van der Waals surface area contributed by atoms with Crippen LogP contribution in [0, 0.1) is 0 Å². The van der Waals surface area contributed by atoms with Crippen LogP contribution in [0.3, 0.4) is 0 Å². The Kier molecular flexibility index (Phi) is 4.38. The fourth-order valence-electron chi connectivity index (χ4n) is 2.02. The van der Waals surface area contributed by atoms with Gasteiger partial charge in [-0.1, -0.05) is 34.1 Å². The van der Waals surface area contributed by atoms with Crippen LogP contribution in [0.2, 0.25) is 0 Å². The van der Waals surface area contributed by atoms with E-state index < -0.39 is 5.91 Å². The lowest BCUT2D eigenvalue weighted by atomic mass is 10.2. The molecule has 0 unspecified atom stereocenters.